The molecule has 3 aliphatic rings. The molecule has 5 rings (SSSR count). The number of allylic oxidation sites excluding steroid dienone is 2. The summed E-state index contributed by atoms with van der Waals surface area (Å²) in [5, 5.41) is 70.0. The molecular weight excluding hydrogens is 480 g/mol. The van der Waals surface area contributed by atoms with E-state index < -0.39 is 49.4 Å². The van der Waals surface area contributed by atoms with Crippen LogP contribution in [0.25, 0.3) is 5.57 Å². The Kier molecular flexibility index (Phi) is 5.98. The summed E-state index contributed by atoms with van der Waals surface area (Å²) >= 11 is 0. The summed E-state index contributed by atoms with van der Waals surface area (Å²) < 4.78 is 23.1. The lowest BCUT2D eigenvalue weighted by Crippen LogP contribution is -2.59. The predicted octanol–water partition coefficient (Wildman–Crippen LogP) is 0.0958. The van der Waals surface area contributed by atoms with Crippen molar-refractivity contribution in [3.63, 3.8) is 0 Å². The molecule has 0 spiro atoms. The molecule has 1 saturated heterocycles. The third kappa shape index (κ3) is 4.00. The summed E-state index contributed by atoms with van der Waals surface area (Å²) in [6, 6.07) is 8.41. The van der Waals surface area contributed by atoms with Gasteiger partial charge in [-0.15, -0.1) is 0 Å². The molecule has 0 aromatic heterocycles. The zero-order valence-electron chi connectivity index (χ0n) is 18.4. The minimum Gasteiger partial charge on any atom is -0.508 e. The van der Waals surface area contributed by atoms with Gasteiger partial charge in [-0.05, 0) is 12.1 Å². The van der Waals surface area contributed by atoms with Gasteiger partial charge in [-0.3, -0.25) is 0 Å². The first-order valence-corrected chi connectivity index (χ1v) is 10.9. The van der Waals surface area contributed by atoms with Crippen LogP contribution in [0.1, 0.15) is 17.2 Å². The summed E-state index contributed by atoms with van der Waals surface area (Å²) in [5.41, 5.74) is 0.949. The Morgan fingerprint density at radius 1 is 0.944 bits per heavy atom. The molecule has 1 fully saturated rings. The van der Waals surface area contributed by atoms with E-state index in [9.17, 15) is 40.5 Å². The Hall–Kier alpha value is -3.81. The number of aliphatic carboxylic acids is 1. The van der Waals surface area contributed by atoms with E-state index >= 15 is 0 Å². The van der Waals surface area contributed by atoms with E-state index in [1.54, 1.807) is 0 Å². The maximum atomic E-state index is 10.5. The number of ether oxygens (including phenoxy) is 4. The Morgan fingerprint density at radius 3 is 2.31 bits per heavy atom. The number of phenolic OH excluding ortho intramolecular Hbond substituents is 2. The molecule has 3 heterocycles. The summed E-state index contributed by atoms with van der Waals surface area (Å²) in [4.78, 5) is 9.71. The fraction of sp³-hybridized carbons (Fsp3) is 0.292. The first-order chi connectivity index (χ1) is 17.2. The van der Waals surface area contributed by atoms with Gasteiger partial charge in [-0.1, -0.05) is 12.1 Å². The first-order valence-electron chi connectivity index (χ1n) is 10.9. The van der Waals surface area contributed by atoms with Gasteiger partial charge in [0.25, 0.3) is 5.76 Å². The number of hydrogen-bond donors (Lipinski definition) is 7. The first kappa shape index (κ1) is 23.9. The molecule has 6 atom stereocenters. The molecule has 8 N–H and O–H groups in total. The largest absolute Gasteiger partial charge is 0.552 e. The van der Waals surface area contributed by atoms with Crippen molar-refractivity contribution in [2.24, 2.45) is 0 Å². The number of carboxylic acid groups (broad SMARTS) is 1. The molecule has 1 unspecified atom stereocenters. The van der Waals surface area contributed by atoms with Gasteiger partial charge >= 0.3 is 5.97 Å². The van der Waals surface area contributed by atoms with Crippen LogP contribution >= 0.6 is 0 Å². The van der Waals surface area contributed by atoms with Crippen LogP contribution in [0.5, 0.6) is 23.0 Å². The van der Waals surface area contributed by atoms with Crippen LogP contribution in [-0.2, 0) is 9.47 Å². The number of carboxylic acids is 1. The lowest BCUT2D eigenvalue weighted by atomic mass is 9.92. The van der Waals surface area contributed by atoms with Gasteiger partial charge in [0.1, 0.15) is 47.4 Å². The highest BCUT2D eigenvalue weighted by Gasteiger charge is 2.47. The van der Waals surface area contributed by atoms with Crippen LogP contribution in [0, 0.1) is 0 Å². The molecule has 0 aliphatic carbocycles. The van der Waals surface area contributed by atoms with Gasteiger partial charge in [-0.25, -0.2) is 0 Å². The zero-order chi connectivity index (χ0) is 25.7. The fourth-order valence-electron chi connectivity index (χ4n) is 4.28. The van der Waals surface area contributed by atoms with Crippen LogP contribution in [0.2, 0.25) is 0 Å². The number of hydrogen-bond acceptors (Lipinski definition) is 10. The van der Waals surface area contributed by atoms with Crippen LogP contribution < -0.4 is 9.47 Å². The van der Waals surface area contributed by atoms with Crippen molar-refractivity contribution >= 4 is 11.5 Å². The van der Waals surface area contributed by atoms with Crippen molar-refractivity contribution in [3.05, 3.63) is 65.1 Å². The molecule has 36 heavy (non-hydrogen) atoms. The van der Waals surface area contributed by atoms with E-state index in [1.165, 1.54) is 42.5 Å². The summed E-state index contributed by atoms with van der Waals surface area (Å²) in [6.45, 7) is -0.675. The lowest BCUT2D eigenvalue weighted by molar-refractivity contribution is -0.293. The van der Waals surface area contributed by atoms with Gasteiger partial charge in [-0.2, -0.15) is 0 Å². The van der Waals surface area contributed by atoms with Gasteiger partial charge in [0, 0.05) is 29.3 Å². The van der Waals surface area contributed by atoms with Crippen molar-refractivity contribution in [1.29, 1.82) is 0 Å². The Morgan fingerprint density at radius 2 is 1.64 bits per heavy atom. The molecule has 2 aromatic rings. The van der Waals surface area contributed by atoms with E-state index in [0.29, 0.717) is 5.56 Å². The number of phenols is 2. The van der Waals surface area contributed by atoms with Crippen molar-refractivity contribution in [3.8, 4) is 23.0 Å². The maximum absolute atomic E-state index is 10.5. The normalized spacial score (nSPS) is 28.9. The SMILES string of the molecule is OC[C@H]1O[C@@H](OC2=C3C=C(C(O)=[OH+])Oc4cc(O)cc(c43)OC2c2ccc(O)cc2)[C@H](O)[C@@H](O)[C@@H]1O. The van der Waals surface area contributed by atoms with E-state index in [-0.39, 0.29) is 45.7 Å². The second-order valence-corrected chi connectivity index (χ2v) is 8.43. The minimum absolute atomic E-state index is 0.0113. The second kappa shape index (κ2) is 9.00. The fourth-order valence-corrected chi connectivity index (χ4v) is 4.28. The minimum atomic E-state index is -1.74. The highest BCUT2D eigenvalue weighted by Crippen LogP contribution is 2.51. The molecular formula is C24H23O12+. The van der Waals surface area contributed by atoms with Gasteiger partial charge in [0.15, 0.2) is 11.9 Å². The molecule has 0 bridgehead atoms. The van der Waals surface area contributed by atoms with Crippen LogP contribution in [0.4, 0.5) is 0 Å². The van der Waals surface area contributed by atoms with E-state index in [4.69, 9.17) is 18.9 Å². The lowest BCUT2D eigenvalue weighted by Gasteiger charge is -2.41. The van der Waals surface area contributed by atoms with Crippen LogP contribution in [-0.4, -0.2) is 83.8 Å². The highest BCUT2D eigenvalue weighted by molar-refractivity contribution is 5.96. The Bertz CT molecular complexity index is 1250. The van der Waals surface area contributed by atoms with Crippen LogP contribution in [0.15, 0.2) is 54.0 Å². The summed E-state index contributed by atoms with van der Waals surface area (Å²) in [5.74, 6) is -1.64. The monoisotopic (exact) mass is 503 g/mol. The topological polar surface area (TPSA) is 200 Å². The molecule has 12 heteroatoms. The zero-order valence-corrected chi connectivity index (χ0v) is 18.4. The van der Waals surface area contributed by atoms with Crippen molar-refractivity contribution in [1.82, 2.24) is 0 Å². The number of aliphatic hydroxyl groups excluding tert-OH is 5. The average molecular weight is 503 g/mol. The summed E-state index contributed by atoms with van der Waals surface area (Å²) in [6.07, 6.45) is -7.72. The molecule has 0 amide bonds. The summed E-state index contributed by atoms with van der Waals surface area (Å²) in [7, 11) is 0. The molecule has 190 valence electrons. The van der Waals surface area contributed by atoms with Crippen molar-refractivity contribution in [2.45, 2.75) is 36.8 Å². The molecule has 0 saturated carbocycles. The van der Waals surface area contributed by atoms with Gasteiger partial charge in [0.2, 0.25) is 6.29 Å². The number of aliphatic hydroxyl groups is 4. The van der Waals surface area contributed by atoms with E-state index in [0.717, 1.165) is 0 Å². The molecule has 12 nitrogen and oxygen atoms in total. The standard InChI is InChI=1S/C24H22O12/c25-8-16-18(28)19(29)20(30)24(35-16)36-22-12-7-15(23(31)32)33-13-5-11(27)6-14(17(12)13)34-21(22)9-1-3-10(26)4-2-9/h1-7,16,18-21,24-30H,8H2,(H,31,32)/p+1/t16-,18-,19+,20-,21?,24+/m1/s1. The Labute approximate surface area is 203 Å². The smallest absolute Gasteiger partial charge is 0.508 e. The highest BCUT2D eigenvalue weighted by atomic mass is 16.7. The van der Waals surface area contributed by atoms with E-state index in [2.05, 4.69) is 0 Å². The predicted molar refractivity (Wildman–Crippen MR) is 120 cm³/mol. The molecule has 0 radical (unpaired) electrons. The quantitative estimate of drug-likeness (QED) is 0.273. The van der Waals surface area contributed by atoms with Crippen molar-refractivity contribution in [2.75, 3.05) is 6.61 Å². The van der Waals surface area contributed by atoms with E-state index in [1.807, 2.05) is 0 Å². The molecule has 2 aromatic carbocycles. The molecule has 3 aliphatic heterocycles. The van der Waals surface area contributed by atoms with Crippen LogP contribution in [0.3, 0.4) is 0 Å². The van der Waals surface area contributed by atoms with Gasteiger partial charge < -0.3 is 59.5 Å². The average Bonchev–Trinajstić information content (AvgIpc) is 2.85. The number of aromatic hydroxyl groups is 2. The number of rotatable bonds is 5. The van der Waals surface area contributed by atoms with Gasteiger partial charge in [0.05, 0.1) is 12.2 Å². The second-order valence-electron chi connectivity index (χ2n) is 8.43. The Balaban J connectivity index is 1.68. The van der Waals surface area contributed by atoms with Crippen molar-refractivity contribution < 1.29 is 59.5 Å². The third-order valence-corrected chi connectivity index (χ3v) is 6.07. The maximum Gasteiger partial charge on any atom is 0.552 e. The third-order valence-electron chi connectivity index (χ3n) is 6.07. The number of benzene rings is 2.